The number of rotatable bonds is 2. The second-order valence-electron chi connectivity index (χ2n) is 4.69. The third kappa shape index (κ3) is 2.16. The van der Waals surface area contributed by atoms with Crippen LogP contribution in [0.4, 0.5) is 0 Å². The first-order valence-corrected chi connectivity index (χ1v) is 7.47. The van der Waals surface area contributed by atoms with Gasteiger partial charge in [-0.2, -0.15) is 0 Å². The van der Waals surface area contributed by atoms with Crippen molar-refractivity contribution in [2.75, 3.05) is 6.54 Å². The van der Waals surface area contributed by atoms with E-state index in [-0.39, 0.29) is 11.9 Å². The number of amides is 1. The first-order chi connectivity index (χ1) is 9.31. The summed E-state index contributed by atoms with van der Waals surface area (Å²) in [5.74, 6) is 0.0456. The summed E-state index contributed by atoms with van der Waals surface area (Å²) >= 11 is 1.80. The lowest BCUT2D eigenvalue weighted by molar-refractivity contribution is 0.0651. The fourth-order valence-corrected chi connectivity index (χ4v) is 3.64. The van der Waals surface area contributed by atoms with Gasteiger partial charge < -0.3 is 4.90 Å². The Hall–Kier alpha value is -1.68. The third-order valence-corrected chi connectivity index (χ3v) is 4.62. The van der Waals surface area contributed by atoms with Crippen molar-refractivity contribution < 1.29 is 4.79 Å². The van der Waals surface area contributed by atoms with E-state index in [4.69, 9.17) is 0 Å². The van der Waals surface area contributed by atoms with Crippen LogP contribution in [0.25, 0.3) is 0 Å². The molecule has 1 atom stereocenters. The van der Waals surface area contributed by atoms with Crippen molar-refractivity contribution in [3.63, 3.8) is 0 Å². The van der Waals surface area contributed by atoms with Crippen molar-refractivity contribution in [1.82, 2.24) is 9.88 Å². The van der Waals surface area contributed by atoms with Crippen LogP contribution in [-0.2, 0) is 6.42 Å². The molecule has 0 aromatic carbocycles. The number of hydrogen-bond donors (Lipinski definition) is 0. The van der Waals surface area contributed by atoms with Gasteiger partial charge in [-0.05, 0) is 42.0 Å². The number of fused-ring (bicyclic) bond motifs is 1. The van der Waals surface area contributed by atoms with Gasteiger partial charge in [0.25, 0.3) is 5.91 Å². The maximum Gasteiger partial charge on any atom is 0.272 e. The topological polar surface area (TPSA) is 33.2 Å². The lowest BCUT2D eigenvalue weighted by Crippen LogP contribution is -2.39. The molecule has 0 bridgehead atoms. The van der Waals surface area contributed by atoms with Crippen LogP contribution in [0.15, 0.2) is 35.8 Å². The summed E-state index contributed by atoms with van der Waals surface area (Å²) in [5, 5.41) is 2.13. The van der Waals surface area contributed by atoms with Crippen LogP contribution >= 0.6 is 11.3 Å². The van der Waals surface area contributed by atoms with E-state index in [1.54, 1.807) is 23.6 Å². The fourth-order valence-electron chi connectivity index (χ4n) is 2.72. The Bertz CT molecular complexity index is 579. The molecule has 0 saturated heterocycles. The molecule has 0 aliphatic carbocycles. The van der Waals surface area contributed by atoms with E-state index in [0.717, 1.165) is 19.4 Å². The van der Waals surface area contributed by atoms with Crippen LogP contribution in [0.5, 0.6) is 0 Å². The summed E-state index contributed by atoms with van der Waals surface area (Å²) in [7, 11) is 0. The summed E-state index contributed by atoms with van der Waals surface area (Å²) in [6, 6.07) is 7.84. The summed E-state index contributed by atoms with van der Waals surface area (Å²) in [5.41, 5.74) is 1.86. The Kier molecular flexibility index (Phi) is 3.34. The summed E-state index contributed by atoms with van der Waals surface area (Å²) in [6.07, 6.45) is 3.58. The smallest absolute Gasteiger partial charge is 0.272 e. The number of nitrogens with zero attached hydrogens (tertiary/aromatic N) is 2. The molecule has 3 rings (SSSR count). The molecule has 3 heterocycles. The van der Waals surface area contributed by atoms with Gasteiger partial charge in [-0.3, -0.25) is 9.78 Å². The maximum atomic E-state index is 12.6. The minimum absolute atomic E-state index is 0.0456. The quantitative estimate of drug-likeness (QED) is 0.840. The molecular formula is C15H16N2OS. The van der Waals surface area contributed by atoms with E-state index in [2.05, 4.69) is 23.4 Å². The SMILES string of the molecule is CCC1c2ccsc2CCN1C(=O)c1ccccn1. The number of carbonyl (C=O) groups excluding carboxylic acids is 1. The van der Waals surface area contributed by atoms with E-state index in [1.807, 2.05) is 17.0 Å². The Morgan fingerprint density at radius 2 is 2.37 bits per heavy atom. The number of hydrogen-bond acceptors (Lipinski definition) is 3. The van der Waals surface area contributed by atoms with E-state index in [0.29, 0.717) is 5.69 Å². The van der Waals surface area contributed by atoms with Crippen LogP contribution in [0.3, 0.4) is 0 Å². The lowest BCUT2D eigenvalue weighted by atomic mass is 9.97. The second-order valence-corrected chi connectivity index (χ2v) is 5.69. The van der Waals surface area contributed by atoms with Crippen LogP contribution in [0.2, 0.25) is 0 Å². The van der Waals surface area contributed by atoms with Gasteiger partial charge >= 0.3 is 0 Å². The zero-order chi connectivity index (χ0) is 13.2. The molecule has 1 unspecified atom stereocenters. The van der Waals surface area contributed by atoms with Crippen molar-refractivity contribution in [2.45, 2.75) is 25.8 Å². The zero-order valence-corrected chi connectivity index (χ0v) is 11.7. The molecule has 0 fully saturated rings. The second kappa shape index (κ2) is 5.13. The highest BCUT2D eigenvalue weighted by molar-refractivity contribution is 7.10. The zero-order valence-electron chi connectivity index (χ0n) is 10.9. The number of pyridine rings is 1. The van der Waals surface area contributed by atoms with E-state index in [1.165, 1.54) is 10.4 Å². The largest absolute Gasteiger partial charge is 0.330 e. The molecule has 19 heavy (non-hydrogen) atoms. The summed E-state index contributed by atoms with van der Waals surface area (Å²) < 4.78 is 0. The molecule has 2 aromatic rings. The van der Waals surface area contributed by atoms with E-state index < -0.39 is 0 Å². The van der Waals surface area contributed by atoms with Gasteiger partial charge in [-0.1, -0.05) is 13.0 Å². The van der Waals surface area contributed by atoms with E-state index in [9.17, 15) is 4.79 Å². The van der Waals surface area contributed by atoms with Gasteiger partial charge in [0, 0.05) is 17.6 Å². The van der Waals surface area contributed by atoms with Crippen LogP contribution in [0.1, 0.15) is 40.3 Å². The lowest BCUT2D eigenvalue weighted by Gasteiger charge is -2.35. The molecule has 1 aliphatic heterocycles. The minimum atomic E-state index is 0.0456. The average Bonchev–Trinajstić information content (AvgIpc) is 2.94. The Morgan fingerprint density at radius 1 is 1.47 bits per heavy atom. The van der Waals surface area contributed by atoms with Gasteiger partial charge in [0.05, 0.1) is 6.04 Å². The molecule has 0 radical (unpaired) electrons. The number of thiophene rings is 1. The van der Waals surface area contributed by atoms with E-state index >= 15 is 0 Å². The molecule has 0 N–H and O–H groups in total. The van der Waals surface area contributed by atoms with Gasteiger partial charge in [0.1, 0.15) is 5.69 Å². The Morgan fingerprint density at radius 3 is 3.11 bits per heavy atom. The highest BCUT2D eigenvalue weighted by atomic mass is 32.1. The Balaban J connectivity index is 1.92. The van der Waals surface area contributed by atoms with Crippen molar-refractivity contribution >= 4 is 17.2 Å². The maximum absolute atomic E-state index is 12.6. The average molecular weight is 272 g/mol. The molecule has 4 heteroatoms. The summed E-state index contributed by atoms with van der Waals surface area (Å²) in [4.78, 5) is 20.1. The molecule has 1 amide bonds. The predicted octanol–water partition coefficient (Wildman–Crippen LogP) is 3.29. The highest BCUT2D eigenvalue weighted by Gasteiger charge is 2.31. The Labute approximate surface area is 116 Å². The molecule has 0 spiro atoms. The normalized spacial score (nSPS) is 18.2. The standard InChI is InChI=1S/C15H16N2OS/c1-2-13-11-7-10-19-14(11)6-9-17(13)15(18)12-5-3-4-8-16-12/h3-5,7-8,10,13H,2,6,9H2,1H3. The van der Waals surface area contributed by atoms with Crippen LogP contribution < -0.4 is 0 Å². The van der Waals surface area contributed by atoms with Gasteiger partial charge in [0.15, 0.2) is 0 Å². The van der Waals surface area contributed by atoms with Crippen molar-refractivity contribution in [1.29, 1.82) is 0 Å². The highest BCUT2D eigenvalue weighted by Crippen LogP contribution is 2.35. The summed E-state index contributed by atoms with van der Waals surface area (Å²) in [6.45, 7) is 2.93. The van der Waals surface area contributed by atoms with Crippen molar-refractivity contribution in [3.05, 3.63) is 52.0 Å². The molecule has 2 aromatic heterocycles. The van der Waals surface area contributed by atoms with Crippen LogP contribution in [-0.4, -0.2) is 22.3 Å². The van der Waals surface area contributed by atoms with Crippen molar-refractivity contribution in [2.24, 2.45) is 0 Å². The first-order valence-electron chi connectivity index (χ1n) is 6.59. The monoisotopic (exact) mass is 272 g/mol. The van der Waals surface area contributed by atoms with Crippen molar-refractivity contribution in [3.8, 4) is 0 Å². The third-order valence-electron chi connectivity index (χ3n) is 3.63. The molecule has 1 aliphatic rings. The molecular weight excluding hydrogens is 256 g/mol. The minimum Gasteiger partial charge on any atom is -0.330 e. The number of aromatic nitrogens is 1. The predicted molar refractivity (Wildman–Crippen MR) is 76.3 cm³/mol. The van der Waals surface area contributed by atoms with Crippen LogP contribution in [0, 0.1) is 0 Å². The first kappa shape index (κ1) is 12.4. The number of carbonyl (C=O) groups is 1. The molecule has 0 saturated carbocycles. The van der Waals surface area contributed by atoms with Gasteiger partial charge in [0.2, 0.25) is 0 Å². The fraction of sp³-hybridized carbons (Fsp3) is 0.333. The molecule has 3 nitrogen and oxygen atoms in total. The van der Waals surface area contributed by atoms with Gasteiger partial charge in [-0.15, -0.1) is 11.3 Å². The van der Waals surface area contributed by atoms with Gasteiger partial charge in [-0.25, -0.2) is 0 Å². The molecule has 98 valence electrons.